The van der Waals surface area contributed by atoms with Crippen LogP contribution in [-0.2, 0) is 6.42 Å². The summed E-state index contributed by atoms with van der Waals surface area (Å²) in [5.74, 6) is 5.95. The van der Waals surface area contributed by atoms with E-state index in [1.807, 2.05) is 12.1 Å². The van der Waals surface area contributed by atoms with Gasteiger partial charge in [0.05, 0.1) is 23.7 Å². The molecule has 0 saturated heterocycles. The Labute approximate surface area is 104 Å². The highest BCUT2D eigenvalue weighted by Crippen LogP contribution is 2.11. The van der Waals surface area contributed by atoms with Gasteiger partial charge in [0.1, 0.15) is 5.76 Å². The van der Waals surface area contributed by atoms with E-state index in [0.717, 1.165) is 5.76 Å². The molecule has 0 aliphatic heterocycles. The van der Waals surface area contributed by atoms with Gasteiger partial charge in [-0.05, 0) is 18.2 Å². The minimum atomic E-state index is -0.197. The van der Waals surface area contributed by atoms with Crippen LogP contribution in [0.3, 0.4) is 0 Å². The van der Waals surface area contributed by atoms with Crippen molar-refractivity contribution >= 4 is 11.6 Å². The molecule has 4 N–H and O–H groups in total. The molecule has 1 amide bonds. The minimum absolute atomic E-state index is 0.197. The van der Waals surface area contributed by atoms with Gasteiger partial charge < -0.3 is 15.2 Å². The lowest BCUT2D eigenvalue weighted by Crippen LogP contribution is -2.27. The maximum atomic E-state index is 11.9. The normalized spacial score (nSPS) is 10.1. The molecule has 2 aromatic heterocycles. The number of rotatable bonds is 5. The second kappa shape index (κ2) is 5.83. The Morgan fingerprint density at radius 1 is 1.44 bits per heavy atom. The zero-order chi connectivity index (χ0) is 12.8. The van der Waals surface area contributed by atoms with Crippen molar-refractivity contribution in [1.29, 1.82) is 0 Å². The fraction of sp³-hybridized carbons (Fsp3) is 0.167. The van der Waals surface area contributed by atoms with Gasteiger partial charge in [-0.15, -0.1) is 0 Å². The SMILES string of the molecule is NNc1cnccc1C(=O)NCCc1ccco1. The topological polar surface area (TPSA) is 93.2 Å². The predicted molar refractivity (Wildman–Crippen MR) is 66.8 cm³/mol. The van der Waals surface area contributed by atoms with Crippen molar-refractivity contribution in [2.45, 2.75) is 6.42 Å². The smallest absolute Gasteiger partial charge is 0.253 e. The van der Waals surface area contributed by atoms with Crippen LogP contribution in [-0.4, -0.2) is 17.4 Å². The number of hydrazine groups is 1. The number of anilines is 1. The van der Waals surface area contributed by atoms with E-state index in [1.54, 1.807) is 18.5 Å². The summed E-state index contributed by atoms with van der Waals surface area (Å²) < 4.78 is 5.17. The number of carbonyl (C=O) groups is 1. The van der Waals surface area contributed by atoms with Gasteiger partial charge in [-0.2, -0.15) is 0 Å². The first kappa shape index (κ1) is 12.1. The first-order chi connectivity index (χ1) is 8.81. The predicted octanol–water partition coefficient (Wildman–Crippen LogP) is 0.933. The number of nitrogens with zero attached hydrogens (tertiary/aromatic N) is 1. The van der Waals surface area contributed by atoms with E-state index < -0.39 is 0 Å². The van der Waals surface area contributed by atoms with Gasteiger partial charge in [-0.1, -0.05) is 0 Å². The molecule has 94 valence electrons. The molecular weight excluding hydrogens is 232 g/mol. The average Bonchev–Trinajstić information content (AvgIpc) is 2.91. The van der Waals surface area contributed by atoms with Crippen LogP contribution in [0, 0.1) is 0 Å². The van der Waals surface area contributed by atoms with E-state index in [4.69, 9.17) is 10.3 Å². The number of aromatic nitrogens is 1. The molecule has 18 heavy (non-hydrogen) atoms. The third kappa shape index (κ3) is 2.86. The van der Waals surface area contributed by atoms with Crippen LogP contribution >= 0.6 is 0 Å². The van der Waals surface area contributed by atoms with Crippen molar-refractivity contribution in [3.63, 3.8) is 0 Å². The number of nitrogen functional groups attached to an aromatic ring is 1. The Balaban J connectivity index is 1.91. The minimum Gasteiger partial charge on any atom is -0.469 e. The Morgan fingerprint density at radius 2 is 2.33 bits per heavy atom. The Hall–Kier alpha value is -2.34. The van der Waals surface area contributed by atoms with Crippen molar-refractivity contribution in [2.75, 3.05) is 12.0 Å². The molecule has 0 aliphatic rings. The molecule has 2 rings (SSSR count). The van der Waals surface area contributed by atoms with Gasteiger partial charge in [0, 0.05) is 19.2 Å². The quantitative estimate of drug-likeness (QED) is 0.539. The maximum Gasteiger partial charge on any atom is 0.253 e. The van der Waals surface area contributed by atoms with Crippen LogP contribution in [0.2, 0.25) is 0 Å². The third-order valence-electron chi connectivity index (χ3n) is 2.46. The molecule has 0 fully saturated rings. The zero-order valence-electron chi connectivity index (χ0n) is 9.72. The fourth-order valence-electron chi connectivity index (χ4n) is 1.56. The van der Waals surface area contributed by atoms with Gasteiger partial charge in [0.25, 0.3) is 5.91 Å². The Kier molecular flexibility index (Phi) is 3.93. The van der Waals surface area contributed by atoms with Crippen LogP contribution in [0.4, 0.5) is 5.69 Å². The number of pyridine rings is 1. The molecule has 0 aromatic carbocycles. The summed E-state index contributed by atoms with van der Waals surface area (Å²) in [6, 6.07) is 5.29. The van der Waals surface area contributed by atoms with Crippen LogP contribution in [0.5, 0.6) is 0 Å². The van der Waals surface area contributed by atoms with Gasteiger partial charge >= 0.3 is 0 Å². The third-order valence-corrected chi connectivity index (χ3v) is 2.46. The van der Waals surface area contributed by atoms with Crippen molar-refractivity contribution in [3.8, 4) is 0 Å². The molecule has 0 radical (unpaired) electrons. The number of hydrogen-bond donors (Lipinski definition) is 3. The largest absolute Gasteiger partial charge is 0.469 e. The molecular formula is C12H14N4O2. The molecule has 0 bridgehead atoms. The number of hydrogen-bond acceptors (Lipinski definition) is 5. The highest BCUT2D eigenvalue weighted by atomic mass is 16.3. The summed E-state index contributed by atoms with van der Waals surface area (Å²) >= 11 is 0. The van der Waals surface area contributed by atoms with Crippen molar-refractivity contribution in [1.82, 2.24) is 10.3 Å². The van der Waals surface area contributed by atoms with Crippen molar-refractivity contribution in [3.05, 3.63) is 48.2 Å². The number of nitrogens with one attached hydrogen (secondary N) is 2. The van der Waals surface area contributed by atoms with E-state index in [1.165, 1.54) is 6.20 Å². The highest BCUT2D eigenvalue weighted by Gasteiger charge is 2.10. The lowest BCUT2D eigenvalue weighted by Gasteiger charge is -2.08. The first-order valence-corrected chi connectivity index (χ1v) is 5.52. The molecule has 6 heteroatoms. The summed E-state index contributed by atoms with van der Waals surface area (Å²) in [5.41, 5.74) is 3.40. The molecule has 6 nitrogen and oxygen atoms in total. The lowest BCUT2D eigenvalue weighted by atomic mass is 10.2. The van der Waals surface area contributed by atoms with E-state index in [2.05, 4.69) is 15.7 Å². The van der Waals surface area contributed by atoms with E-state index in [9.17, 15) is 4.79 Å². The number of furan rings is 1. The maximum absolute atomic E-state index is 11.9. The molecule has 2 heterocycles. The van der Waals surface area contributed by atoms with Gasteiger partial charge in [-0.3, -0.25) is 15.6 Å². The van der Waals surface area contributed by atoms with E-state index in [-0.39, 0.29) is 5.91 Å². The van der Waals surface area contributed by atoms with E-state index in [0.29, 0.717) is 24.2 Å². The molecule has 0 atom stereocenters. The number of amides is 1. The van der Waals surface area contributed by atoms with Crippen LogP contribution < -0.4 is 16.6 Å². The van der Waals surface area contributed by atoms with Crippen molar-refractivity contribution < 1.29 is 9.21 Å². The Morgan fingerprint density at radius 3 is 3.06 bits per heavy atom. The number of nitrogens with two attached hydrogens (primary N) is 1. The van der Waals surface area contributed by atoms with Gasteiger partial charge in [0.2, 0.25) is 0 Å². The fourth-order valence-corrected chi connectivity index (χ4v) is 1.56. The highest BCUT2D eigenvalue weighted by molar-refractivity contribution is 5.99. The number of carbonyl (C=O) groups excluding carboxylic acids is 1. The molecule has 0 aliphatic carbocycles. The van der Waals surface area contributed by atoms with Crippen LogP contribution in [0.15, 0.2) is 41.3 Å². The van der Waals surface area contributed by atoms with Gasteiger partial charge in [0.15, 0.2) is 0 Å². The first-order valence-electron chi connectivity index (χ1n) is 5.52. The van der Waals surface area contributed by atoms with Crippen molar-refractivity contribution in [2.24, 2.45) is 5.84 Å². The van der Waals surface area contributed by atoms with Gasteiger partial charge in [-0.25, -0.2) is 0 Å². The summed E-state index contributed by atoms with van der Waals surface area (Å²) in [7, 11) is 0. The second-order valence-corrected chi connectivity index (χ2v) is 3.65. The standard InChI is InChI=1S/C12H14N4O2/c13-16-11-8-14-5-4-10(11)12(17)15-6-3-9-2-1-7-18-9/h1-2,4-5,7-8,16H,3,6,13H2,(H,15,17). The Bertz CT molecular complexity index is 511. The van der Waals surface area contributed by atoms with Crippen LogP contribution in [0.25, 0.3) is 0 Å². The lowest BCUT2D eigenvalue weighted by molar-refractivity contribution is 0.0954. The summed E-state index contributed by atoms with van der Waals surface area (Å²) in [6.07, 6.45) is 5.30. The average molecular weight is 246 g/mol. The summed E-state index contributed by atoms with van der Waals surface area (Å²) in [4.78, 5) is 15.8. The summed E-state index contributed by atoms with van der Waals surface area (Å²) in [6.45, 7) is 0.499. The second-order valence-electron chi connectivity index (χ2n) is 3.65. The molecule has 0 saturated carbocycles. The molecule has 0 unspecified atom stereocenters. The van der Waals surface area contributed by atoms with Crippen LogP contribution in [0.1, 0.15) is 16.1 Å². The van der Waals surface area contributed by atoms with E-state index >= 15 is 0 Å². The summed E-state index contributed by atoms with van der Waals surface area (Å²) in [5, 5.41) is 2.79. The monoisotopic (exact) mass is 246 g/mol. The zero-order valence-corrected chi connectivity index (χ0v) is 9.72. The molecule has 0 spiro atoms. The molecule has 2 aromatic rings.